The van der Waals surface area contributed by atoms with Crippen molar-refractivity contribution < 1.29 is 4.79 Å². The minimum atomic E-state index is 0.127. The summed E-state index contributed by atoms with van der Waals surface area (Å²) in [5.41, 5.74) is 1.26. The van der Waals surface area contributed by atoms with E-state index in [-0.39, 0.29) is 5.91 Å². The summed E-state index contributed by atoms with van der Waals surface area (Å²) in [7, 11) is 0. The van der Waals surface area contributed by atoms with Crippen LogP contribution in [-0.4, -0.2) is 23.6 Å². The summed E-state index contributed by atoms with van der Waals surface area (Å²) in [5.74, 6) is 0.636. The summed E-state index contributed by atoms with van der Waals surface area (Å²) in [5, 5.41) is 6.21. The highest BCUT2D eigenvalue weighted by molar-refractivity contribution is 5.76. The first kappa shape index (κ1) is 14.8. The molecule has 0 aliphatic carbocycles. The maximum absolute atomic E-state index is 11.5. The molecule has 0 bridgehead atoms. The highest BCUT2D eigenvalue weighted by Gasteiger charge is 2.02. The fourth-order valence-electron chi connectivity index (χ4n) is 1.74. The Labute approximate surface area is 110 Å². The number of nitrogens with one attached hydrogen (secondary N) is 2. The van der Waals surface area contributed by atoms with Crippen LogP contribution in [-0.2, 0) is 17.9 Å². The van der Waals surface area contributed by atoms with Crippen molar-refractivity contribution in [2.24, 2.45) is 5.92 Å². The van der Waals surface area contributed by atoms with Crippen LogP contribution >= 0.6 is 0 Å². The van der Waals surface area contributed by atoms with Gasteiger partial charge in [-0.05, 0) is 25.0 Å². The Hall–Kier alpha value is -1.29. The van der Waals surface area contributed by atoms with Gasteiger partial charge in [-0.1, -0.05) is 13.8 Å². The first-order chi connectivity index (χ1) is 8.63. The molecule has 0 aromatic carbocycles. The number of carbonyl (C=O) groups excluding carboxylic acids is 1. The monoisotopic (exact) mass is 251 g/mol. The lowest BCUT2D eigenvalue weighted by molar-refractivity contribution is -0.121. The third-order valence-corrected chi connectivity index (χ3v) is 2.81. The molecule has 18 heavy (non-hydrogen) atoms. The van der Waals surface area contributed by atoms with Crippen LogP contribution in [0.1, 0.15) is 32.9 Å². The fourth-order valence-corrected chi connectivity index (χ4v) is 1.74. The van der Waals surface area contributed by atoms with Gasteiger partial charge in [-0.2, -0.15) is 0 Å². The average molecular weight is 251 g/mol. The van der Waals surface area contributed by atoms with Gasteiger partial charge in [0.1, 0.15) is 0 Å². The molecule has 0 fully saturated rings. The summed E-state index contributed by atoms with van der Waals surface area (Å²) < 4.78 is 2.20. The topological polar surface area (TPSA) is 46.1 Å². The molecule has 0 aliphatic heterocycles. The molecule has 0 spiro atoms. The maximum Gasteiger partial charge on any atom is 0.221 e. The van der Waals surface area contributed by atoms with Crippen LogP contribution in [0.15, 0.2) is 18.3 Å². The average Bonchev–Trinajstić information content (AvgIpc) is 2.79. The van der Waals surface area contributed by atoms with Gasteiger partial charge in [-0.15, -0.1) is 0 Å². The molecule has 4 nitrogen and oxygen atoms in total. The zero-order chi connectivity index (χ0) is 13.4. The van der Waals surface area contributed by atoms with Gasteiger partial charge >= 0.3 is 0 Å². The standard InChI is InChI=1S/C14H25N3O/c1-4-17-9-5-6-13(17)11-15-8-7-14(18)16-10-12(2)3/h5-6,9,12,15H,4,7-8,10-11H2,1-3H3,(H,16,18). The van der Waals surface area contributed by atoms with Crippen LogP contribution in [0.4, 0.5) is 0 Å². The lowest BCUT2D eigenvalue weighted by Gasteiger charge is -2.09. The molecular weight excluding hydrogens is 226 g/mol. The van der Waals surface area contributed by atoms with Crippen LogP contribution < -0.4 is 10.6 Å². The van der Waals surface area contributed by atoms with E-state index in [1.54, 1.807) is 0 Å². The lowest BCUT2D eigenvalue weighted by Crippen LogP contribution is -2.30. The molecular formula is C14H25N3O. The summed E-state index contributed by atoms with van der Waals surface area (Å²) in [6, 6.07) is 4.16. The second-order valence-corrected chi connectivity index (χ2v) is 4.91. The van der Waals surface area contributed by atoms with Crippen molar-refractivity contribution in [1.82, 2.24) is 15.2 Å². The Balaban J connectivity index is 2.13. The van der Waals surface area contributed by atoms with Gasteiger partial charge in [0, 0.05) is 44.5 Å². The van der Waals surface area contributed by atoms with Crippen molar-refractivity contribution in [3.63, 3.8) is 0 Å². The molecule has 2 N–H and O–H groups in total. The van der Waals surface area contributed by atoms with Crippen molar-refractivity contribution in [1.29, 1.82) is 0 Å². The van der Waals surface area contributed by atoms with E-state index in [9.17, 15) is 4.79 Å². The number of carbonyl (C=O) groups is 1. The number of aromatic nitrogens is 1. The number of nitrogens with zero attached hydrogens (tertiary/aromatic N) is 1. The fraction of sp³-hybridized carbons (Fsp3) is 0.643. The number of hydrogen-bond acceptors (Lipinski definition) is 2. The van der Waals surface area contributed by atoms with Crippen molar-refractivity contribution in [2.75, 3.05) is 13.1 Å². The summed E-state index contributed by atoms with van der Waals surface area (Å²) in [6.07, 6.45) is 2.62. The molecule has 1 rings (SSSR count). The van der Waals surface area contributed by atoms with E-state index in [1.165, 1.54) is 5.69 Å². The lowest BCUT2D eigenvalue weighted by atomic mass is 10.2. The van der Waals surface area contributed by atoms with Crippen LogP contribution in [0.3, 0.4) is 0 Å². The van der Waals surface area contributed by atoms with E-state index in [0.29, 0.717) is 12.3 Å². The molecule has 0 aliphatic rings. The van der Waals surface area contributed by atoms with E-state index in [2.05, 4.69) is 54.3 Å². The molecule has 0 saturated heterocycles. The third kappa shape index (κ3) is 5.36. The Morgan fingerprint density at radius 2 is 2.22 bits per heavy atom. The molecule has 102 valence electrons. The molecule has 0 radical (unpaired) electrons. The minimum Gasteiger partial charge on any atom is -0.356 e. The highest BCUT2D eigenvalue weighted by atomic mass is 16.1. The Bertz CT molecular complexity index is 358. The Morgan fingerprint density at radius 1 is 1.44 bits per heavy atom. The van der Waals surface area contributed by atoms with E-state index >= 15 is 0 Å². The van der Waals surface area contributed by atoms with Crippen molar-refractivity contribution in [3.05, 3.63) is 24.0 Å². The molecule has 1 aromatic heterocycles. The predicted octanol–water partition coefficient (Wildman–Crippen LogP) is 1.76. The van der Waals surface area contributed by atoms with Crippen LogP contribution in [0.5, 0.6) is 0 Å². The van der Waals surface area contributed by atoms with E-state index in [1.807, 2.05) is 0 Å². The number of aryl methyl sites for hydroxylation is 1. The molecule has 4 heteroatoms. The molecule has 1 aromatic rings. The normalized spacial score (nSPS) is 10.9. The molecule has 1 amide bonds. The molecule has 0 unspecified atom stereocenters. The second-order valence-electron chi connectivity index (χ2n) is 4.91. The van der Waals surface area contributed by atoms with Gasteiger partial charge in [-0.25, -0.2) is 0 Å². The van der Waals surface area contributed by atoms with Gasteiger partial charge in [0.2, 0.25) is 5.91 Å². The smallest absolute Gasteiger partial charge is 0.221 e. The first-order valence-corrected chi connectivity index (χ1v) is 6.75. The first-order valence-electron chi connectivity index (χ1n) is 6.75. The van der Waals surface area contributed by atoms with Gasteiger partial charge in [0.25, 0.3) is 0 Å². The minimum absolute atomic E-state index is 0.127. The van der Waals surface area contributed by atoms with Gasteiger partial charge in [0.15, 0.2) is 0 Å². The molecule has 0 atom stereocenters. The predicted molar refractivity (Wildman–Crippen MR) is 74.3 cm³/mol. The highest BCUT2D eigenvalue weighted by Crippen LogP contribution is 2.01. The molecule has 0 saturated carbocycles. The number of rotatable bonds is 8. The summed E-state index contributed by atoms with van der Waals surface area (Å²) >= 11 is 0. The largest absolute Gasteiger partial charge is 0.356 e. The quantitative estimate of drug-likeness (QED) is 0.692. The van der Waals surface area contributed by atoms with E-state index < -0.39 is 0 Å². The zero-order valence-corrected chi connectivity index (χ0v) is 11.7. The van der Waals surface area contributed by atoms with E-state index in [0.717, 1.165) is 26.2 Å². The van der Waals surface area contributed by atoms with E-state index in [4.69, 9.17) is 0 Å². The maximum atomic E-state index is 11.5. The van der Waals surface area contributed by atoms with Crippen molar-refractivity contribution in [3.8, 4) is 0 Å². The summed E-state index contributed by atoms with van der Waals surface area (Å²) in [4.78, 5) is 11.5. The number of amides is 1. The number of hydrogen-bond donors (Lipinski definition) is 2. The van der Waals surface area contributed by atoms with Crippen LogP contribution in [0.2, 0.25) is 0 Å². The zero-order valence-electron chi connectivity index (χ0n) is 11.7. The van der Waals surface area contributed by atoms with Crippen molar-refractivity contribution in [2.45, 2.75) is 40.3 Å². The van der Waals surface area contributed by atoms with Gasteiger partial charge in [0.05, 0.1) is 0 Å². The Kier molecular flexibility index (Phi) is 6.50. The Morgan fingerprint density at radius 3 is 2.89 bits per heavy atom. The van der Waals surface area contributed by atoms with Gasteiger partial charge < -0.3 is 15.2 Å². The van der Waals surface area contributed by atoms with Crippen LogP contribution in [0, 0.1) is 5.92 Å². The third-order valence-electron chi connectivity index (χ3n) is 2.81. The second kappa shape index (κ2) is 7.93. The van der Waals surface area contributed by atoms with Gasteiger partial charge in [-0.3, -0.25) is 4.79 Å². The van der Waals surface area contributed by atoms with Crippen molar-refractivity contribution >= 4 is 5.91 Å². The molecule has 1 heterocycles. The SMILES string of the molecule is CCn1cccc1CNCCC(=O)NCC(C)C. The summed E-state index contributed by atoms with van der Waals surface area (Å²) in [6.45, 7) is 9.60. The van der Waals surface area contributed by atoms with Crippen LogP contribution in [0.25, 0.3) is 0 Å².